The number of methoxy groups -OCH3 is 2. The normalized spacial score (nSPS) is 24.3. The molecule has 2 heterocycles. The van der Waals surface area contributed by atoms with Gasteiger partial charge in [0.2, 0.25) is 11.7 Å². The summed E-state index contributed by atoms with van der Waals surface area (Å²) in [7, 11) is -11.5. The lowest BCUT2D eigenvalue weighted by atomic mass is 9.99. The minimum Gasteiger partial charge on any atom is -0.491 e. The van der Waals surface area contributed by atoms with Crippen LogP contribution in [0, 0.1) is 11.6 Å². The van der Waals surface area contributed by atoms with Gasteiger partial charge >= 0.3 is 6.18 Å². The number of rotatable bonds is 6. The summed E-state index contributed by atoms with van der Waals surface area (Å²) in [5, 5.41) is 6.37. The molecule has 0 bridgehead atoms. The topological polar surface area (TPSA) is 124 Å². The first kappa shape index (κ1) is 18.3. The third kappa shape index (κ3) is 4.63. The van der Waals surface area contributed by atoms with E-state index in [4.69, 9.17) is 13.4 Å². The van der Waals surface area contributed by atoms with Crippen molar-refractivity contribution in [2.45, 2.75) is 29.3 Å². The number of nitrogens with zero attached hydrogens (tertiary/aromatic N) is 2. The monoisotopic (exact) mass is 516 g/mol. The van der Waals surface area contributed by atoms with Crippen LogP contribution in [0.2, 0.25) is 0 Å². The molecule has 3 N–H and O–H groups in total. The molecule has 1 saturated heterocycles. The van der Waals surface area contributed by atoms with Gasteiger partial charge in [0.05, 0.1) is 27.5 Å². The van der Waals surface area contributed by atoms with E-state index in [0.717, 1.165) is 18.3 Å². The van der Waals surface area contributed by atoms with E-state index in [1.165, 1.54) is 0 Å². The predicted octanol–water partition coefficient (Wildman–Crippen LogP) is 2.18. The van der Waals surface area contributed by atoms with Gasteiger partial charge in [-0.15, -0.1) is 0 Å². The second kappa shape index (κ2) is 8.96. The molecule has 3 rings (SSSR count). The van der Waals surface area contributed by atoms with Crippen molar-refractivity contribution in [2.75, 3.05) is 30.8 Å². The first-order valence-electron chi connectivity index (χ1n) is 12.0. The Balaban J connectivity index is 2.17. The molecule has 15 heteroatoms. The molecule has 0 radical (unpaired) electrons. The molecule has 186 valence electrons. The minimum absolute atomic E-state index is 0.325. The molecule has 1 fully saturated rings. The number of nitrogens with two attached hydrogens (primary N) is 1. The highest BCUT2D eigenvalue weighted by Crippen LogP contribution is 2.47. The van der Waals surface area contributed by atoms with E-state index in [2.05, 4.69) is 19.8 Å². The lowest BCUT2D eigenvalue weighted by Crippen LogP contribution is -2.49. The van der Waals surface area contributed by atoms with Crippen LogP contribution in [-0.2, 0) is 19.6 Å². The number of sulfonamides is 1. The number of hydrogen-bond acceptors (Lipinski definition) is 7. The van der Waals surface area contributed by atoms with Crippen molar-refractivity contribution in [1.29, 1.82) is 0 Å². The van der Waals surface area contributed by atoms with Crippen LogP contribution in [-0.4, -0.2) is 57.7 Å². The van der Waals surface area contributed by atoms with Gasteiger partial charge in [-0.05, 0) is 18.2 Å². The lowest BCUT2D eigenvalue weighted by molar-refractivity contribution is -0.261. The third-order valence-corrected chi connectivity index (χ3v) is 5.88. The van der Waals surface area contributed by atoms with Gasteiger partial charge in [-0.3, -0.25) is 4.79 Å². The smallest absolute Gasteiger partial charge is 0.419 e. The first-order chi connectivity index (χ1) is 18.0. The van der Waals surface area contributed by atoms with Crippen molar-refractivity contribution in [2.24, 2.45) is 5.14 Å². The van der Waals surface area contributed by atoms with Crippen LogP contribution >= 0.6 is 0 Å². The largest absolute Gasteiger partial charge is 0.491 e. The summed E-state index contributed by atoms with van der Waals surface area (Å²) in [6.07, 6.45) is -5.99. The highest BCUT2D eigenvalue weighted by molar-refractivity contribution is 7.89. The highest BCUT2D eigenvalue weighted by atomic mass is 32.2. The zero-order chi connectivity index (χ0) is 30.5. The summed E-state index contributed by atoms with van der Waals surface area (Å²) in [6.45, 7) is -1.51. The Morgan fingerprint density at radius 3 is 2.68 bits per heavy atom. The molecule has 1 aromatic carbocycles. The molecular formula is C19H19F5N4O5S. The second-order valence-electron chi connectivity index (χ2n) is 7.17. The molecule has 0 saturated carbocycles. The van der Waals surface area contributed by atoms with E-state index in [1.807, 2.05) is 0 Å². The molecule has 1 amide bonds. The third-order valence-electron chi connectivity index (χ3n) is 5.07. The number of benzene rings is 1. The average Bonchev–Trinajstić information content (AvgIpc) is 3.15. The Bertz CT molecular complexity index is 1410. The number of hydrogen-bond donors (Lipinski definition) is 2. The zero-order valence-electron chi connectivity index (χ0n) is 22.7. The van der Waals surface area contributed by atoms with E-state index >= 15 is 0 Å². The fraction of sp³-hybridized carbons (Fsp3) is 0.368. The quantitative estimate of drug-likeness (QED) is 0.564. The summed E-state index contributed by atoms with van der Waals surface area (Å²) in [4.78, 5) is 17.2. The number of aromatic nitrogens is 1. The van der Waals surface area contributed by atoms with Gasteiger partial charge in [0.25, 0.3) is 10.0 Å². The number of nitrogens with one attached hydrogen (secondary N) is 1. The van der Waals surface area contributed by atoms with E-state index in [0.29, 0.717) is 17.0 Å². The summed E-state index contributed by atoms with van der Waals surface area (Å²) in [5.74, 6) is -6.28. The van der Waals surface area contributed by atoms with Crippen molar-refractivity contribution in [3.63, 3.8) is 0 Å². The Kier molecular flexibility index (Phi) is 4.82. The molecular weight excluding hydrogens is 491 g/mol. The highest BCUT2D eigenvalue weighted by Gasteiger charge is 2.63. The summed E-state index contributed by atoms with van der Waals surface area (Å²) in [5.41, 5.74) is -4.78. The zero-order valence-corrected chi connectivity index (χ0v) is 17.5. The molecule has 0 unspecified atom stereocenters. The number of pyridine rings is 1. The molecule has 34 heavy (non-hydrogen) atoms. The van der Waals surface area contributed by atoms with Crippen molar-refractivity contribution >= 4 is 27.3 Å². The first-order valence-corrected chi connectivity index (χ1v) is 10.6. The van der Waals surface area contributed by atoms with Gasteiger partial charge in [-0.1, -0.05) is 0 Å². The molecule has 0 spiro atoms. The maximum absolute atomic E-state index is 14.7. The lowest BCUT2D eigenvalue weighted by Gasteiger charge is -2.31. The van der Waals surface area contributed by atoms with Gasteiger partial charge in [0, 0.05) is 31.4 Å². The minimum atomic E-state index is -5.46. The van der Waals surface area contributed by atoms with Crippen LogP contribution in [0.3, 0.4) is 0 Å². The van der Waals surface area contributed by atoms with E-state index in [1.54, 1.807) is 0 Å². The van der Waals surface area contributed by atoms with Crippen molar-refractivity contribution in [3.05, 3.63) is 42.1 Å². The van der Waals surface area contributed by atoms with Crippen molar-refractivity contribution < 1.29 is 52.9 Å². The number of ether oxygens (including phenoxy) is 2. The number of halogens is 5. The van der Waals surface area contributed by atoms with Gasteiger partial charge in [0.15, 0.2) is 22.2 Å². The Morgan fingerprint density at radius 1 is 1.32 bits per heavy atom. The second-order valence-corrected chi connectivity index (χ2v) is 8.68. The SMILES string of the molecule is [2H]C([2H])([2H])Oc1c(N2C[C@](OC([2H])([2H])[2H])(C(F)(F)F)C[C@H]2C(=O)Nc2ccnc(S(N)(=O)=O)c2)ccc(F)c1F. The molecule has 0 aliphatic carbocycles. The van der Waals surface area contributed by atoms with Crippen molar-refractivity contribution in [3.8, 4) is 5.75 Å². The molecule has 1 aromatic heterocycles. The number of alkyl halides is 3. The summed E-state index contributed by atoms with van der Waals surface area (Å²) >= 11 is 0. The van der Waals surface area contributed by atoms with Crippen LogP contribution in [0.5, 0.6) is 5.75 Å². The van der Waals surface area contributed by atoms with Crippen LogP contribution < -0.4 is 20.1 Å². The standard InChI is InChI=1S/C19H19F5N4O5S/c1-32-16-12(4-3-11(20)15(16)21)28-9-18(33-2,19(22,23)24)8-13(28)17(29)27-10-5-6-26-14(7-10)34(25,30)31/h3-7,13H,8-9H2,1-2H3,(H2,25,30,31)(H,26,27,29)/t13-,18-/m0/s1/i1D3,2D3. The average molecular weight is 516 g/mol. The number of anilines is 2. The molecule has 1 aliphatic rings. The van der Waals surface area contributed by atoms with Gasteiger partial charge < -0.3 is 19.7 Å². The van der Waals surface area contributed by atoms with Crippen LogP contribution in [0.25, 0.3) is 0 Å². The molecule has 2 aromatic rings. The molecule has 1 aliphatic heterocycles. The fourth-order valence-electron chi connectivity index (χ4n) is 3.41. The summed E-state index contributed by atoms with van der Waals surface area (Å²) < 4.78 is 147. The van der Waals surface area contributed by atoms with Crippen LogP contribution in [0.1, 0.15) is 14.6 Å². The number of carbonyl (C=O) groups is 1. The maximum atomic E-state index is 14.7. The van der Waals surface area contributed by atoms with Gasteiger partial charge in [-0.25, -0.2) is 22.9 Å². The van der Waals surface area contributed by atoms with Gasteiger partial charge in [0.1, 0.15) is 6.04 Å². The predicted molar refractivity (Wildman–Crippen MR) is 109 cm³/mol. The van der Waals surface area contributed by atoms with E-state index in [9.17, 15) is 35.2 Å². The summed E-state index contributed by atoms with van der Waals surface area (Å²) in [6, 6.07) is 0.781. The Labute approximate surface area is 199 Å². The van der Waals surface area contributed by atoms with E-state index < -0.39 is 88.9 Å². The number of carbonyl (C=O) groups excluding carboxylic acids is 1. The Hall–Kier alpha value is -3.04. The number of primary sulfonamides is 1. The number of amides is 1. The van der Waals surface area contributed by atoms with Crippen molar-refractivity contribution in [1.82, 2.24) is 4.98 Å². The Morgan fingerprint density at radius 2 is 2.06 bits per heavy atom. The van der Waals surface area contributed by atoms with Gasteiger partial charge in [-0.2, -0.15) is 17.6 Å². The van der Waals surface area contributed by atoms with Crippen LogP contribution in [0.15, 0.2) is 35.5 Å². The molecule has 9 nitrogen and oxygen atoms in total. The van der Waals surface area contributed by atoms with Crippen LogP contribution in [0.4, 0.5) is 33.3 Å². The fourth-order valence-corrected chi connectivity index (χ4v) is 3.91. The molecule has 2 atom stereocenters. The van der Waals surface area contributed by atoms with E-state index in [-0.39, 0.29) is 5.69 Å². The maximum Gasteiger partial charge on any atom is 0.419 e.